The van der Waals surface area contributed by atoms with Crippen LogP contribution >= 0.6 is 15.9 Å². The van der Waals surface area contributed by atoms with Gasteiger partial charge >= 0.3 is 0 Å². The molecule has 2 N–H and O–H groups in total. The predicted octanol–water partition coefficient (Wildman–Crippen LogP) is 4.80. The van der Waals surface area contributed by atoms with Crippen molar-refractivity contribution in [1.29, 1.82) is 0 Å². The van der Waals surface area contributed by atoms with E-state index in [9.17, 15) is 4.39 Å². The highest BCUT2D eigenvalue weighted by molar-refractivity contribution is 9.10. The summed E-state index contributed by atoms with van der Waals surface area (Å²) >= 11 is 3.34. The fraction of sp³-hybridized carbons (Fsp3) is 0.0625. The van der Waals surface area contributed by atoms with E-state index in [2.05, 4.69) is 21.1 Å². The molecular formula is C16H12BrFN2O. The van der Waals surface area contributed by atoms with Crippen molar-refractivity contribution in [2.24, 2.45) is 0 Å². The molecule has 21 heavy (non-hydrogen) atoms. The molecule has 2 aromatic carbocycles. The highest BCUT2D eigenvalue weighted by Gasteiger charge is 2.20. The van der Waals surface area contributed by atoms with Gasteiger partial charge in [0.05, 0.1) is 5.56 Å². The zero-order valence-electron chi connectivity index (χ0n) is 11.2. The first kappa shape index (κ1) is 13.8. The monoisotopic (exact) mass is 346 g/mol. The van der Waals surface area contributed by atoms with E-state index in [0.717, 1.165) is 15.6 Å². The van der Waals surface area contributed by atoms with Crippen LogP contribution in [0.5, 0.6) is 0 Å². The van der Waals surface area contributed by atoms with Gasteiger partial charge in [0, 0.05) is 10.0 Å². The maximum absolute atomic E-state index is 14.1. The van der Waals surface area contributed by atoms with Gasteiger partial charge in [-0.2, -0.15) is 0 Å². The molecule has 0 radical (unpaired) electrons. The average molecular weight is 347 g/mol. The third-order valence-electron chi connectivity index (χ3n) is 3.21. The largest absolute Gasteiger partial charge is 0.367 e. The second-order valence-electron chi connectivity index (χ2n) is 4.76. The Hall–Kier alpha value is -2.14. The van der Waals surface area contributed by atoms with Crippen LogP contribution < -0.4 is 5.73 Å². The molecule has 0 aliphatic heterocycles. The number of rotatable bonds is 2. The molecule has 0 saturated carbocycles. The van der Waals surface area contributed by atoms with Crippen LogP contribution in [0.25, 0.3) is 22.4 Å². The first-order chi connectivity index (χ1) is 10.1. The van der Waals surface area contributed by atoms with Crippen LogP contribution in [0.2, 0.25) is 0 Å². The maximum atomic E-state index is 14.1. The van der Waals surface area contributed by atoms with Crippen LogP contribution in [-0.4, -0.2) is 5.16 Å². The molecule has 0 aliphatic rings. The first-order valence-corrected chi connectivity index (χ1v) is 7.13. The van der Waals surface area contributed by atoms with Gasteiger partial charge in [-0.25, -0.2) is 4.39 Å². The topological polar surface area (TPSA) is 52.0 Å². The Bertz CT molecular complexity index is 814. The van der Waals surface area contributed by atoms with E-state index in [0.29, 0.717) is 16.8 Å². The van der Waals surface area contributed by atoms with Crippen LogP contribution in [0.3, 0.4) is 0 Å². The summed E-state index contributed by atoms with van der Waals surface area (Å²) in [5.74, 6) is -0.199. The fourth-order valence-electron chi connectivity index (χ4n) is 2.25. The van der Waals surface area contributed by atoms with Gasteiger partial charge in [-0.05, 0) is 30.7 Å². The number of nitrogens with two attached hydrogens (primary N) is 1. The van der Waals surface area contributed by atoms with Crippen molar-refractivity contribution >= 4 is 21.8 Å². The summed E-state index contributed by atoms with van der Waals surface area (Å²) in [4.78, 5) is 0. The van der Waals surface area contributed by atoms with Crippen molar-refractivity contribution in [3.63, 3.8) is 0 Å². The number of anilines is 1. The number of hydrogen-bond acceptors (Lipinski definition) is 3. The minimum absolute atomic E-state index is 0.176. The van der Waals surface area contributed by atoms with Crippen molar-refractivity contribution in [2.45, 2.75) is 6.92 Å². The molecule has 0 unspecified atom stereocenters. The summed E-state index contributed by atoms with van der Waals surface area (Å²) in [5.41, 5.74) is 9.17. The van der Waals surface area contributed by atoms with Crippen molar-refractivity contribution in [1.82, 2.24) is 5.16 Å². The lowest BCUT2D eigenvalue weighted by Gasteiger charge is -2.05. The molecule has 5 heteroatoms. The molecule has 0 amide bonds. The summed E-state index contributed by atoms with van der Waals surface area (Å²) in [6.07, 6.45) is 0. The summed E-state index contributed by atoms with van der Waals surface area (Å²) in [5, 5.41) is 3.93. The summed E-state index contributed by atoms with van der Waals surface area (Å²) in [7, 11) is 0. The summed E-state index contributed by atoms with van der Waals surface area (Å²) in [6.45, 7) is 1.98. The zero-order valence-corrected chi connectivity index (χ0v) is 12.8. The Morgan fingerprint density at radius 3 is 2.76 bits per heavy atom. The molecule has 1 aromatic heterocycles. The molecule has 0 spiro atoms. The predicted molar refractivity (Wildman–Crippen MR) is 84.2 cm³/mol. The van der Waals surface area contributed by atoms with E-state index in [1.54, 1.807) is 12.1 Å². The van der Waals surface area contributed by atoms with Crippen molar-refractivity contribution < 1.29 is 8.91 Å². The van der Waals surface area contributed by atoms with E-state index in [-0.39, 0.29) is 11.7 Å². The lowest BCUT2D eigenvalue weighted by atomic mass is 9.99. The summed E-state index contributed by atoms with van der Waals surface area (Å²) in [6, 6.07) is 12.4. The van der Waals surface area contributed by atoms with Gasteiger partial charge in [0.2, 0.25) is 5.88 Å². The van der Waals surface area contributed by atoms with E-state index in [4.69, 9.17) is 10.3 Å². The number of hydrogen-bond donors (Lipinski definition) is 1. The third kappa shape index (κ3) is 2.56. The lowest BCUT2D eigenvalue weighted by molar-refractivity contribution is 0.439. The Morgan fingerprint density at radius 1 is 1.19 bits per heavy atom. The molecule has 106 valence electrons. The molecule has 0 aliphatic carbocycles. The average Bonchev–Trinajstić information content (AvgIpc) is 2.83. The lowest BCUT2D eigenvalue weighted by Crippen LogP contribution is -1.90. The molecule has 0 bridgehead atoms. The molecule has 1 heterocycles. The number of aryl methyl sites for hydroxylation is 1. The molecule has 3 aromatic rings. The first-order valence-electron chi connectivity index (χ1n) is 6.34. The second kappa shape index (κ2) is 5.33. The highest BCUT2D eigenvalue weighted by atomic mass is 79.9. The van der Waals surface area contributed by atoms with Crippen molar-refractivity contribution in [2.75, 3.05) is 5.73 Å². The second-order valence-corrected chi connectivity index (χ2v) is 5.68. The molecular weight excluding hydrogens is 335 g/mol. The van der Waals surface area contributed by atoms with Crippen molar-refractivity contribution in [3.05, 3.63) is 58.3 Å². The SMILES string of the molecule is Cc1cccc(-c2c(-c3cc(Br)ccc3F)noc2N)c1. The van der Waals surface area contributed by atoms with E-state index >= 15 is 0 Å². The Labute approximate surface area is 129 Å². The zero-order chi connectivity index (χ0) is 15.0. The standard InChI is InChI=1S/C16H12BrFN2O/c1-9-3-2-4-10(7-9)14-15(20-21-16(14)19)12-8-11(17)5-6-13(12)18/h2-8H,19H2,1H3. The van der Waals surface area contributed by atoms with Gasteiger partial charge in [0.15, 0.2) is 0 Å². The van der Waals surface area contributed by atoms with E-state index in [1.807, 2.05) is 31.2 Å². The third-order valence-corrected chi connectivity index (χ3v) is 3.70. The minimum atomic E-state index is -0.375. The normalized spacial score (nSPS) is 10.8. The fourth-order valence-corrected chi connectivity index (χ4v) is 2.61. The highest BCUT2D eigenvalue weighted by Crippen LogP contribution is 2.38. The van der Waals surface area contributed by atoms with E-state index in [1.165, 1.54) is 6.07 Å². The van der Waals surface area contributed by atoms with Crippen LogP contribution in [0.15, 0.2) is 51.5 Å². The number of halogens is 2. The number of nitrogens with zero attached hydrogens (tertiary/aromatic N) is 1. The van der Waals surface area contributed by atoms with Crippen LogP contribution in [0.1, 0.15) is 5.56 Å². The quantitative estimate of drug-likeness (QED) is 0.724. The molecule has 0 saturated heterocycles. The Balaban J connectivity index is 2.24. The number of aromatic nitrogens is 1. The maximum Gasteiger partial charge on any atom is 0.230 e. The molecule has 3 rings (SSSR count). The Kier molecular flexibility index (Phi) is 3.51. The van der Waals surface area contributed by atoms with E-state index < -0.39 is 0 Å². The smallest absolute Gasteiger partial charge is 0.230 e. The van der Waals surface area contributed by atoms with Crippen LogP contribution in [0.4, 0.5) is 10.3 Å². The van der Waals surface area contributed by atoms with Gasteiger partial charge in [0.1, 0.15) is 11.5 Å². The molecule has 3 nitrogen and oxygen atoms in total. The van der Waals surface area contributed by atoms with Gasteiger partial charge in [-0.1, -0.05) is 50.9 Å². The Morgan fingerprint density at radius 2 is 2.00 bits per heavy atom. The number of benzene rings is 2. The van der Waals surface area contributed by atoms with Gasteiger partial charge in [0.25, 0.3) is 0 Å². The van der Waals surface area contributed by atoms with Gasteiger partial charge in [-0.3, -0.25) is 0 Å². The molecule has 0 fully saturated rings. The number of nitrogen functional groups attached to an aromatic ring is 1. The van der Waals surface area contributed by atoms with Gasteiger partial charge < -0.3 is 10.3 Å². The summed E-state index contributed by atoms with van der Waals surface area (Å²) < 4.78 is 19.9. The van der Waals surface area contributed by atoms with Crippen molar-refractivity contribution in [3.8, 4) is 22.4 Å². The van der Waals surface area contributed by atoms with Crippen LogP contribution in [-0.2, 0) is 0 Å². The van der Waals surface area contributed by atoms with Crippen LogP contribution in [0, 0.1) is 12.7 Å². The minimum Gasteiger partial charge on any atom is -0.367 e. The molecule has 0 atom stereocenters. The van der Waals surface area contributed by atoms with Gasteiger partial charge in [-0.15, -0.1) is 0 Å².